The molecule has 2 aliphatic rings. The summed E-state index contributed by atoms with van der Waals surface area (Å²) in [5, 5.41) is 14.4. The molecule has 2 atom stereocenters. The standard InChI is InChI=1S/C30H33Cl2N3O5/c1-38-26-10-3-19(17-27(26)39-16-2-12-33-13-15-36)29-28-23(24-18-21(32)6-9-25(24)34-28)11-14-35(29)30(37)40-22-7-4-20(31)5-8-22/h3-9,17-18,26,29,33-34,36H,2,10-16H2,1H3. The molecule has 0 radical (unpaired) electrons. The third-order valence-electron chi connectivity index (χ3n) is 7.19. The lowest BCUT2D eigenvalue weighted by Crippen LogP contribution is -2.42. The molecule has 1 aromatic heterocycles. The summed E-state index contributed by atoms with van der Waals surface area (Å²) in [5.41, 5.74) is 3.96. The first-order valence-electron chi connectivity index (χ1n) is 13.4. The van der Waals surface area contributed by atoms with Crippen LogP contribution in [-0.4, -0.2) is 67.1 Å². The van der Waals surface area contributed by atoms with Crippen LogP contribution < -0.4 is 10.1 Å². The van der Waals surface area contributed by atoms with Crippen molar-refractivity contribution in [2.24, 2.45) is 0 Å². The fraction of sp³-hybridized carbons (Fsp3) is 0.367. The van der Waals surface area contributed by atoms with Crippen LogP contribution in [0, 0.1) is 0 Å². The Morgan fingerprint density at radius 3 is 2.73 bits per heavy atom. The first kappa shape index (κ1) is 28.5. The average molecular weight is 587 g/mol. The molecule has 40 heavy (non-hydrogen) atoms. The number of hydrogen-bond donors (Lipinski definition) is 3. The fourth-order valence-corrected chi connectivity index (χ4v) is 5.57. The van der Waals surface area contributed by atoms with Crippen LogP contribution in [0.4, 0.5) is 4.79 Å². The van der Waals surface area contributed by atoms with E-state index in [0.717, 1.165) is 46.5 Å². The van der Waals surface area contributed by atoms with Crippen LogP contribution in [0.3, 0.4) is 0 Å². The van der Waals surface area contributed by atoms with Crippen molar-refractivity contribution in [3.63, 3.8) is 0 Å². The van der Waals surface area contributed by atoms with Crippen molar-refractivity contribution in [1.29, 1.82) is 0 Å². The first-order chi connectivity index (χ1) is 19.5. The summed E-state index contributed by atoms with van der Waals surface area (Å²) >= 11 is 12.4. The molecule has 0 fully saturated rings. The molecule has 1 amide bonds. The van der Waals surface area contributed by atoms with Crippen LogP contribution in [0.15, 0.2) is 65.9 Å². The van der Waals surface area contributed by atoms with Crippen LogP contribution >= 0.6 is 23.2 Å². The highest BCUT2D eigenvalue weighted by molar-refractivity contribution is 6.31. The van der Waals surface area contributed by atoms with Crippen molar-refractivity contribution in [1.82, 2.24) is 15.2 Å². The van der Waals surface area contributed by atoms with E-state index >= 15 is 0 Å². The zero-order valence-electron chi connectivity index (χ0n) is 22.3. The summed E-state index contributed by atoms with van der Waals surface area (Å²) in [5.74, 6) is 1.15. The lowest BCUT2D eigenvalue weighted by atomic mass is 9.89. The smallest absolute Gasteiger partial charge is 0.416 e. The van der Waals surface area contributed by atoms with E-state index in [1.54, 1.807) is 36.3 Å². The molecule has 8 nitrogen and oxygen atoms in total. The molecule has 0 spiro atoms. The summed E-state index contributed by atoms with van der Waals surface area (Å²) in [4.78, 5) is 18.9. The second-order valence-electron chi connectivity index (χ2n) is 9.76. The average Bonchev–Trinajstić information content (AvgIpc) is 3.33. The van der Waals surface area contributed by atoms with E-state index < -0.39 is 12.1 Å². The van der Waals surface area contributed by atoms with Gasteiger partial charge in [-0.2, -0.15) is 0 Å². The number of benzene rings is 2. The summed E-state index contributed by atoms with van der Waals surface area (Å²) in [7, 11) is 1.67. The highest BCUT2D eigenvalue weighted by Crippen LogP contribution is 2.42. The van der Waals surface area contributed by atoms with Gasteiger partial charge in [0.15, 0.2) is 0 Å². The lowest BCUT2D eigenvalue weighted by Gasteiger charge is -2.37. The Balaban J connectivity index is 1.46. The van der Waals surface area contributed by atoms with Gasteiger partial charge in [0.05, 0.1) is 13.2 Å². The zero-order chi connectivity index (χ0) is 28.1. The van der Waals surface area contributed by atoms with E-state index in [9.17, 15) is 4.79 Å². The number of hydrogen-bond acceptors (Lipinski definition) is 6. The maximum atomic E-state index is 13.6. The van der Waals surface area contributed by atoms with Gasteiger partial charge in [0.25, 0.3) is 0 Å². The van der Waals surface area contributed by atoms with Crippen LogP contribution in [-0.2, 0) is 15.9 Å². The van der Waals surface area contributed by atoms with E-state index in [0.29, 0.717) is 48.3 Å². The third-order valence-corrected chi connectivity index (χ3v) is 7.68. The number of aromatic nitrogens is 1. The first-order valence-corrected chi connectivity index (χ1v) is 14.2. The maximum Gasteiger partial charge on any atom is 0.416 e. The summed E-state index contributed by atoms with van der Waals surface area (Å²) in [6.45, 7) is 2.36. The van der Waals surface area contributed by atoms with Gasteiger partial charge in [-0.3, -0.25) is 4.90 Å². The molecular formula is C30H33Cl2N3O5. The van der Waals surface area contributed by atoms with E-state index in [2.05, 4.69) is 16.4 Å². The van der Waals surface area contributed by atoms with Gasteiger partial charge in [-0.05, 0) is 85.5 Å². The minimum absolute atomic E-state index is 0.103. The number of ether oxygens (including phenoxy) is 3. The number of amides is 1. The van der Waals surface area contributed by atoms with E-state index in [1.165, 1.54) is 0 Å². The normalized spacial score (nSPS) is 18.8. The predicted molar refractivity (Wildman–Crippen MR) is 156 cm³/mol. The van der Waals surface area contributed by atoms with E-state index in [1.807, 2.05) is 24.3 Å². The molecule has 10 heteroatoms. The van der Waals surface area contributed by atoms with Crippen molar-refractivity contribution in [2.75, 3.05) is 40.0 Å². The molecule has 0 saturated heterocycles. The zero-order valence-corrected chi connectivity index (χ0v) is 23.8. The molecule has 3 aromatic rings. The predicted octanol–water partition coefficient (Wildman–Crippen LogP) is 5.79. The minimum Gasteiger partial charge on any atom is -0.495 e. The van der Waals surface area contributed by atoms with Gasteiger partial charge in [0.2, 0.25) is 0 Å². The molecule has 3 N–H and O–H groups in total. The van der Waals surface area contributed by atoms with Gasteiger partial charge in [0, 0.05) is 46.8 Å². The van der Waals surface area contributed by atoms with Crippen molar-refractivity contribution < 1.29 is 24.1 Å². The molecule has 2 aromatic carbocycles. The van der Waals surface area contributed by atoms with Crippen molar-refractivity contribution >= 4 is 40.2 Å². The van der Waals surface area contributed by atoms with Gasteiger partial charge < -0.3 is 29.6 Å². The Morgan fingerprint density at radius 2 is 1.95 bits per heavy atom. The number of methoxy groups -OCH3 is 1. The van der Waals surface area contributed by atoms with Crippen molar-refractivity contribution in [3.05, 3.63) is 87.3 Å². The number of carbonyl (C=O) groups excluding carboxylic acids is 1. The van der Waals surface area contributed by atoms with Crippen LogP contribution in [0.25, 0.3) is 10.9 Å². The van der Waals surface area contributed by atoms with Gasteiger partial charge in [-0.25, -0.2) is 4.79 Å². The Labute approximate surface area is 243 Å². The molecule has 2 unspecified atom stereocenters. The van der Waals surface area contributed by atoms with E-state index in [4.69, 9.17) is 42.5 Å². The molecule has 212 valence electrons. The van der Waals surface area contributed by atoms with Gasteiger partial charge in [0.1, 0.15) is 23.7 Å². The number of aliphatic hydroxyl groups excluding tert-OH is 1. The Kier molecular flexibility index (Phi) is 9.34. The third kappa shape index (κ3) is 6.32. The van der Waals surface area contributed by atoms with Crippen LogP contribution in [0.1, 0.15) is 30.1 Å². The second-order valence-corrected chi connectivity index (χ2v) is 10.6. The van der Waals surface area contributed by atoms with Crippen molar-refractivity contribution in [2.45, 2.75) is 31.4 Å². The summed E-state index contributed by atoms with van der Waals surface area (Å²) in [6, 6.07) is 12.1. The monoisotopic (exact) mass is 585 g/mol. The Hall–Kier alpha value is -3.01. The fourth-order valence-electron chi connectivity index (χ4n) is 5.27. The van der Waals surface area contributed by atoms with Gasteiger partial charge >= 0.3 is 6.09 Å². The number of halogens is 2. The number of aliphatic hydroxyl groups is 1. The van der Waals surface area contributed by atoms with Crippen molar-refractivity contribution in [3.8, 4) is 5.75 Å². The number of carbonyl (C=O) groups is 1. The number of fused-ring (bicyclic) bond motifs is 3. The highest BCUT2D eigenvalue weighted by atomic mass is 35.5. The van der Waals surface area contributed by atoms with Crippen LogP contribution in [0.2, 0.25) is 10.0 Å². The minimum atomic E-state index is -0.449. The Morgan fingerprint density at radius 1 is 1.15 bits per heavy atom. The molecule has 2 heterocycles. The van der Waals surface area contributed by atoms with Gasteiger partial charge in [-0.15, -0.1) is 0 Å². The molecule has 0 saturated carbocycles. The molecule has 1 aliphatic heterocycles. The maximum absolute atomic E-state index is 13.6. The van der Waals surface area contributed by atoms with E-state index in [-0.39, 0.29) is 12.7 Å². The van der Waals surface area contributed by atoms with Crippen LogP contribution in [0.5, 0.6) is 5.75 Å². The highest BCUT2D eigenvalue weighted by Gasteiger charge is 2.38. The Bertz CT molecular complexity index is 1400. The quantitative estimate of drug-likeness (QED) is 0.261. The lowest BCUT2D eigenvalue weighted by molar-refractivity contribution is 0.0612. The topological polar surface area (TPSA) is 96.1 Å². The largest absolute Gasteiger partial charge is 0.495 e. The summed E-state index contributed by atoms with van der Waals surface area (Å²) < 4.78 is 17.7. The number of nitrogens with zero attached hydrogens (tertiary/aromatic N) is 1. The number of rotatable bonds is 10. The van der Waals surface area contributed by atoms with Gasteiger partial charge in [-0.1, -0.05) is 29.3 Å². The number of aromatic amines is 1. The molecule has 1 aliphatic carbocycles. The molecular weight excluding hydrogens is 553 g/mol. The number of nitrogens with one attached hydrogen (secondary N) is 2. The number of H-pyrrole nitrogens is 1. The summed E-state index contributed by atoms with van der Waals surface area (Å²) in [6.07, 6.45) is 5.47. The molecule has 0 bridgehead atoms. The SMILES string of the molecule is COC1CC=C(C2c3[nH]c4ccc(Cl)cc4c3CCN2C(=O)Oc2ccc(Cl)cc2)C=C1OCCCNCCO. The molecule has 5 rings (SSSR count). The second kappa shape index (κ2) is 13.1.